The van der Waals surface area contributed by atoms with Crippen LogP contribution in [-0.4, -0.2) is 6.54 Å². The lowest BCUT2D eigenvalue weighted by Gasteiger charge is -2.22. The number of hydrogen-bond acceptors (Lipinski definition) is 1. The Labute approximate surface area is 118 Å². The predicted molar refractivity (Wildman–Crippen MR) is 74.4 cm³/mol. The van der Waals surface area contributed by atoms with E-state index >= 15 is 0 Å². The van der Waals surface area contributed by atoms with Gasteiger partial charge >= 0.3 is 6.18 Å². The molecule has 0 bridgehead atoms. The van der Waals surface area contributed by atoms with Crippen molar-refractivity contribution in [3.8, 4) is 0 Å². The monoisotopic (exact) mass is 285 g/mol. The summed E-state index contributed by atoms with van der Waals surface area (Å²) in [5.41, 5.74) is 0.393. The number of rotatable bonds is 5. The lowest BCUT2D eigenvalue weighted by atomic mass is 9.93. The lowest BCUT2D eigenvalue weighted by molar-refractivity contribution is -0.137. The summed E-state index contributed by atoms with van der Waals surface area (Å²) in [6.07, 6.45) is 1.86. The van der Waals surface area contributed by atoms with Gasteiger partial charge in [-0.3, -0.25) is 0 Å². The standard InChI is InChI=1S/C16H22F3N/c1-2-20-15(11-12-5-3-4-6-12)13-7-9-14(10-8-13)16(17,18)19/h7-10,12,15,20H,2-6,11H2,1H3. The van der Waals surface area contributed by atoms with Crippen LogP contribution in [0.5, 0.6) is 0 Å². The first kappa shape index (κ1) is 15.4. The molecule has 1 unspecified atom stereocenters. The van der Waals surface area contributed by atoms with Crippen molar-refractivity contribution in [2.75, 3.05) is 6.54 Å². The first-order valence-electron chi connectivity index (χ1n) is 7.41. The molecule has 112 valence electrons. The molecule has 0 aromatic heterocycles. The summed E-state index contributed by atoms with van der Waals surface area (Å²) in [4.78, 5) is 0. The zero-order chi connectivity index (χ0) is 14.6. The molecular weight excluding hydrogens is 263 g/mol. The van der Waals surface area contributed by atoms with Crippen molar-refractivity contribution in [2.45, 2.75) is 51.2 Å². The number of hydrogen-bond donors (Lipinski definition) is 1. The molecule has 20 heavy (non-hydrogen) atoms. The molecule has 0 heterocycles. The van der Waals surface area contributed by atoms with Gasteiger partial charge in [0.1, 0.15) is 0 Å². The molecule has 1 aliphatic rings. The number of benzene rings is 1. The molecule has 0 saturated heterocycles. The Morgan fingerprint density at radius 1 is 1.15 bits per heavy atom. The number of alkyl halides is 3. The quantitative estimate of drug-likeness (QED) is 0.808. The van der Waals surface area contributed by atoms with E-state index in [1.165, 1.54) is 37.8 Å². The highest BCUT2D eigenvalue weighted by atomic mass is 19.4. The van der Waals surface area contributed by atoms with Crippen LogP contribution in [0.25, 0.3) is 0 Å². The van der Waals surface area contributed by atoms with E-state index < -0.39 is 11.7 Å². The third kappa shape index (κ3) is 3.98. The molecule has 0 aliphatic heterocycles. The van der Waals surface area contributed by atoms with Crippen LogP contribution in [0, 0.1) is 5.92 Å². The molecule has 1 aromatic rings. The van der Waals surface area contributed by atoms with Crippen LogP contribution in [0.1, 0.15) is 56.2 Å². The van der Waals surface area contributed by atoms with Crippen molar-refractivity contribution in [1.82, 2.24) is 5.32 Å². The highest BCUT2D eigenvalue weighted by Gasteiger charge is 2.30. The normalized spacial score (nSPS) is 18.4. The molecule has 0 amide bonds. The minimum absolute atomic E-state index is 0.172. The van der Waals surface area contributed by atoms with Gasteiger partial charge in [-0.2, -0.15) is 13.2 Å². The van der Waals surface area contributed by atoms with Gasteiger partial charge in [-0.05, 0) is 36.6 Å². The summed E-state index contributed by atoms with van der Waals surface area (Å²) in [7, 11) is 0. The third-order valence-electron chi connectivity index (χ3n) is 4.13. The van der Waals surface area contributed by atoms with Crippen LogP contribution in [0.4, 0.5) is 13.2 Å². The van der Waals surface area contributed by atoms with Crippen molar-refractivity contribution in [3.05, 3.63) is 35.4 Å². The minimum atomic E-state index is -4.25. The Balaban J connectivity index is 2.08. The zero-order valence-corrected chi connectivity index (χ0v) is 11.8. The Morgan fingerprint density at radius 2 is 1.75 bits per heavy atom. The smallest absolute Gasteiger partial charge is 0.310 e. The van der Waals surface area contributed by atoms with E-state index in [1.807, 2.05) is 6.92 Å². The van der Waals surface area contributed by atoms with Gasteiger partial charge in [-0.1, -0.05) is 44.7 Å². The van der Waals surface area contributed by atoms with E-state index in [9.17, 15) is 13.2 Å². The van der Waals surface area contributed by atoms with E-state index in [1.54, 1.807) is 12.1 Å². The Bertz CT molecular complexity index is 405. The second-order valence-electron chi connectivity index (χ2n) is 5.62. The topological polar surface area (TPSA) is 12.0 Å². The molecule has 4 heteroatoms. The molecule has 1 aromatic carbocycles. The molecule has 1 atom stereocenters. The Morgan fingerprint density at radius 3 is 2.25 bits per heavy atom. The van der Waals surface area contributed by atoms with E-state index in [0.717, 1.165) is 18.5 Å². The molecule has 1 saturated carbocycles. The Hall–Kier alpha value is -1.03. The van der Waals surface area contributed by atoms with Crippen LogP contribution in [0.2, 0.25) is 0 Å². The SMILES string of the molecule is CCNC(CC1CCCC1)c1ccc(C(F)(F)F)cc1. The molecule has 0 radical (unpaired) electrons. The van der Waals surface area contributed by atoms with E-state index in [0.29, 0.717) is 5.92 Å². The minimum Gasteiger partial charge on any atom is -0.310 e. The molecule has 1 N–H and O–H groups in total. The van der Waals surface area contributed by atoms with Gasteiger partial charge in [0.15, 0.2) is 0 Å². The largest absolute Gasteiger partial charge is 0.416 e. The molecule has 1 nitrogen and oxygen atoms in total. The van der Waals surface area contributed by atoms with Crippen LogP contribution >= 0.6 is 0 Å². The summed E-state index contributed by atoms with van der Waals surface area (Å²) >= 11 is 0. The second kappa shape index (κ2) is 6.61. The maximum Gasteiger partial charge on any atom is 0.416 e. The van der Waals surface area contributed by atoms with E-state index in [-0.39, 0.29) is 6.04 Å². The third-order valence-corrected chi connectivity index (χ3v) is 4.13. The molecular formula is C16H22F3N. The summed E-state index contributed by atoms with van der Waals surface area (Å²) in [6, 6.07) is 5.78. The van der Waals surface area contributed by atoms with Crippen molar-refractivity contribution in [3.63, 3.8) is 0 Å². The van der Waals surface area contributed by atoms with Crippen molar-refractivity contribution in [2.24, 2.45) is 5.92 Å². The predicted octanol–water partition coefficient (Wildman–Crippen LogP) is 4.94. The van der Waals surface area contributed by atoms with Crippen molar-refractivity contribution >= 4 is 0 Å². The summed E-state index contributed by atoms with van der Waals surface area (Å²) < 4.78 is 37.7. The number of halogens is 3. The Kier molecular flexibility index (Phi) is 5.08. The second-order valence-corrected chi connectivity index (χ2v) is 5.62. The zero-order valence-electron chi connectivity index (χ0n) is 11.8. The van der Waals surface area contributed by atoms with Crippen LogP contribution < -0.4 is 5.32 Å². The number of nitrogens with one attached hydrogen (secondary N) is 1. The molecule has 1 fully saturated rings. The summed E-state index contributed by atoms with van der Waals surface area (Å²) in [5.74, 6) is 0.710. The average Bonchev–Trinajstić information content (AvgIpc) is 2.90. The highest BCUT2D eigenvalue weighted by molar-refractivity contribution is 5.27. The molecule has 2 rings (SSSR count). The maximum atomic E-state index is 12.6. The average molecular weight is 285 g/mol. The van der Waals surface area contributed by atoms with Gasteiger partial charge in [-0.25, -0.2) is 0 Å². The summed E-state index contributed by atoms with van der Waals surface area (Å²) in [6.45, 7) is 2.87. The fraction of sp³-hybridized carbons (Fsp3) is 0.625. The van der Waals surface area contributed by atoms with Gasteiger partial charge < -0.3 is 5.32 Å². The van der Waals surface area contributed by atoms with Gasteiger partial charge in [0.25, 0.3) is 0 Å². The maximum absolute atomic E-state index is 12.6. The highest BCUT2D eigenvalue weighted by Crippen LogP contribution is 2.34. The lowest BCUT2D eigenvalue weighted by Crippen LogP contribution is -2.23. The van der Waals surface area contributed by atoms with Crippen molar-refractivity contribution in [1.29, 1.82) is 0 Å². The van der Waals surface area contributed by atoms with E-state index in [4.69, 9.17) is 0 Å². The molecule has 1 aliphatic carbocycles. The van der Waals surface area contributed by atoms with Crippen molar-refractivity contribution < 1.29 is 13.2 Å². The van der Waals surface area contributed by atoms with Crippen LogP contribution in [0.3, 0.4) is 0 Å². The van der Waals surface area contributed by atoms with Gasteiger partial charge in [0.05, 0.1) is 5.56 Å². The first-order chi connectivity index (χ1) is 9.50. The first-order valence-corrected chi connectivity index (χ1v) is 7.41. The van der Waals surface area contributed by atoms with Crippen LogP contribution in [-0.2, 0) is 6.18 Å². The fourth-order valence-corrected chi connectivity index (χ4v) is 3.07. The van der Waals surface area contributed by atoms with Gasteiger partial charge in [0.2, 0.25) is 0 Å². The van der Waals surface area contributed by atoms with Crippen LogP contribution in [0.15, 0.2) is 24.3 Å². The fourth-order valence-electron chi connectivity index (χ4n) is 3.07. The van der Waals surface area contributed by atoms with Gasteiger partial charge in [0, 0.05) is 6.04 Å². The van der Waals surface area contributed by atoms with E-state index in [2.05, 4.69) is 5.32 Å². The summed E-state index contributed by atoms with van der Waals surface area (Å²) in [5, 5.41) is 3.40. The molecule has 0 spiro atoms. The van der Waals surface area contributed by atoms with Gasteiger partial charge in [-0.15, -0.1) is 0 Å².